The minimum absolute atomic E-state index is 0.0231. The Balaban J connectivity index is 2.00. The third kappa shape index (κ3) is 2.72. The number of phenolic OH excluding ortho intramolecular Hbond substituents is 2. The molecule has 3 aromatic rings. The van der Waals surface area contributed by atoms with Crippen LogP contribution in [0.2, 0.25) is 0 Å². The van der Waals surface area contributed by atoms with Gasteiger partial charge in [0, 0.05) is 23.3 Å². The topological polar surface area (TPSA) is 105 Å². The Kier molecular flexibility index (Phi) is 4.77. The lowest BCUT2D eigenvalue weighted by Crippen LogP contribution is -2.35. The number of phenols is 2. The Bertz CT molecular complexity index is 1400. The molecule has 0 saturated heterocycles. The second-order valence-electron chi connectivity index (χ2n) is 7.15. The number of Topliss-reactive ketones (excluding diaryl/α,β-unsaturated/α-hetero) is 1. The number of hydrogen-bond acceptors (Lipinski definition) is 8. The third-order valence-corrected chi connectivity index (χ3v) is 6.27. The van der Waals surface area contributed by atoms with Crippen LogP contribution in [0, 0.1) is 0 Å². The highest BCUT2D eigenvalue weighted by Crippen LogP contribution is 2.59. The number of ketones is 1. The van der Waals surface area contributed by atoms with E-state index in [1.54, 1.807) is 30.3 Å². The van der Waals surface area contributed by atoms with Crippen molar-refractivity contribution in [2.24, 2.45) is 4.99 Å². The van der Waals surface area contributed by atoms with Gasteiger partial charge in [0.05, 0.1) is 26.3 Å². The highest BCUT2D eigenvalue weighted by atomic mass is 127. The minimum Gasteiger partial charge on any atom is -0.508 e. The molecule has 9 heteroatoms. The molecule has 5 rings (SSSR count). The molecule has 3 aromatic carbocycles. The predicted octanol–water partition coefficient (Wildman–Crippen LogP) is 5.02. The first kappa shape index (κ1) is 20.6. The van der Waals surface area contributed by atoms with Crippen molar-refractivity contribution in [3.8, 4) is 23.0 Å². The zero-order valence-corrected chi connectivity index (χ0v) is 19.1. The van der Waals surface area contributed by atoms with Gasteiger partial charge >= 0.3 is 5.97 Å². The van der Waals surface area contributed by atoms with Gasteiger partial charge in [0.2, 0.25) is 0 Å². The average molecular weight is 557 g/mol. The van der Waals surface area contributed by atoms with Crippen molar-refractivity contribution in [3.05, 3.63) is 76.3 Å². The van der Waals surface area contributed by atoms with Crippen LogP contribution >= 0.6 is 34.8 Å². The van der Waals surface area contributed by atoms with E-state index in [0.717, 1.165) is 0 Å². The molecule has 0 aliphatic carbocycles. The quantitative estimate of drug-likeness (QED) is 0.116. The van der Waals surface area contributed by atoms with Crippen molar-refractivity contribution in [1.82, 2.24) is 0 Å². The van der Waals surface area contributed by atoms with Gasteiger partial charge in [-0.1, -0.05) is 40.8 Å². The van der Waals surface area contributed by atoms with E-state index in [4.69, 9.17) is 21.7 Å². The first-order valence-electron chi connectivity index (χ1n) is 9.34. The molecule has 2 N–H and O–H groups in total. The van der Waals surface area contributed by atoms with Crippen LogP contribution in [0.15, 0.2) is 53.5 Å². The highest BCUT2D eigenvalue weighted by Gasteiger charge is 2.55. The molecular formula is C23H12INO6S. The normalized spacial score (nSPS) is 17.5. The fourth-order valence-electron chi connectivity index (χ4n) is 4.30. The summed E-state index contributed by atoms with van der Waals surface area (Å²) in [6, 6.07) is 12.5. The molecule has 0 aromatic heterocycles. The number of hydrogen-bond donors (Lipinski definition) is 2. The fourth-order valence-corrected chi connectivity index (χ4v) is 4.78. The molecular weight excluding hydrogens is 545 g/mol. The Morgan fingerprint density at radius 3 is 2.66 bits per heavy atom. The summed E-state index contributed by atoms with van der Waals surface area (Å²) in [7, 11) is 0. The summed E-state index contributed by atoms with van der Waals surface area (Å²) in [5.74, 6) is -1.02. The SMILES string of the molecule is O=C1OC2(c3ccc(O)cc3Oc3cc(O)c(N=C=S)c(C(=O)CI)c32)c2ccccc21. The number of rotatable bonds is 3. The fraction of sp³-hybridized carbons (Fsp3) is 0.0870. The predicted molar refractivity (Wildman–Crippen MR) is 126 cm³/mol. The first-order chi connectivity index (χ1) is 15.4. The second-order valence-corrected chi connectivity index (χ2v) is 8.10. The van der Waals surface area contributed by atoms with Crippen LogP contribution in [0.5, 0.6) is 23.0 Å². The maximum Gasteiger partial charge on any atom is 0.340 e. The summed E-state index contributed by atoms with van der Waals surface area (Å²) in [6.45, 7) is 0. The van der Waals surface area contributed by atoms with E-state index in [2.05, 4.69) is 10.2 Å². The van der Waals surface area contributed by atoms with Crippen molar-refractivity contribution in [2.45, 2.75) is 5.60 Å². The van der Waals surface area contributed by atoms with Crippen LogP contribution in [0.4, 0.5) is 5.69 Å². The average Bonchev–Trinajstić information content (AvgIpc) is 3.07. The lowest BCUT2D eigenvalue weighted by molar-refractivity contribution is 0.0220. The number of aliphatic imine (C=N–C) groups is 1. The van der Waals surface area contributed by atoms with Crippen molar-refractivity contribution in [3.63, 3.8) is 0 Å². The van der Waals surface area contributed by atoms with Crippen LogP contribution in [0.25, 0.3) is 0 Å². The maximum absolute atomic E-state index is 13.2. The number of ether oxygens (including phenoxy) is 2. The van der Waals surface area contributed by atoms with Crippen molar-refractivity contribution in [1.29, 1.82) is 0 Å². The van der Waals surface area contributed by atoms with Gasteiger partial charge in [-0.3, -0.25) is 4.79 Å². The van der Waals surface area contributed by atoms with Crippen LogP contribution in [0.3, 0.4) is 0 Å². The number of benzene rings is 3. The van der Waals surface area contributed by atoms with Gasteiger partial charge < -0.3 is 19.7 Å². The smallest absolute Gasteiger partial charge is 0.340 e. The molecule has 2 aliphatic heterocycles. The van der Waals surface area contributed by atoms with Crippen LogP contribution in [-0.4, -0.2) is 31.6 Å². The zero-order chi connectivity index (χ0) is 22.6. The molecule has 0 fully saturated rings. The lowest BCUT2D eigenvalue weighted by atomic mass is 9.75. The van der Waals surface area contributed by atoms with E-state index in [9.17, 15) is 19.8 Å². The summed E-state index contributed by atoms with van der Waals surface area (Å²) in [4.78, 5) is 30.0. The van der Waals surface area contributed by atoms with E-state index in [1.807, 2.05) is 22.6 Å². The number of fused-ring (bicyclic) bond motifs is 6. The lowest BCUT2D eigenvalue weighted by Gasteiger charge is -2.38. The van der Waals surface area contributed by atoms with Gasteiger partial charge in [-0.05, 0) is 30.4 Å². The molecule has 7 nitrogen and oxygen atoms in total. The highest BCUT2D eigenvalue weighted by molar-refractivity contribution is 14.1. The summed E-state index contributed by atoms with van der Waals surface area (Å²) < 4.78 is 12.1. The van der Waals surface area contributed by atoms with Crippen LogP contribution in [-0.2, 0) is 10.3 Å². The second kappa shape index (κ2) is 7.40. The van der Waals surface area contributed by atoms with Gasteiger partial charge in [-0.2, -0.15) is 4.99 Å². The molecule has 0 saturated carbocycles. The third-order valence-electron chi connectivity index (χ3n) is 5.49. The van der Waals surface area contributed by atoms with E-state index >= 15 is 0 Å². The first-order valence-corrected chi connectivity index (χ1v) is 11.3. The molecule has 0 radical (unpaired) electrons. The van der Waals surface area contributed by atoms with Crippen molar-refractivity contribution >= 4 is 57.4 Å². The number of thiocarbonyl (C=S) groups is 1. The van der Waals surface area contributed by atoms with Gasteiger partial charge in [0.15, 0.2) is 11.4 Å². The number of alkyl halides is 1. The maximum atomic E-state index is 13.2. The Morgan fingerprint density at radius 2 is 1.91 bits per heavy atom. The number of nitrogens with zero attached hydrogens (tertiary/aromatic N) is 1. The number of isothiocyanates is 1. The standard InChI is InChI=1S/C23H12INO6S/c24-9-16(28)19-20-18(8-15(27)21(19)25-10-32)30-17-7-11(26)5-6-14(17)23(20)13-4-2-1-3-12(13)22(29)31-23/h1-8,26-27H,9H2. The number of halogens is 1. The van der Waals surface area contributed by atoms with Gasteiger partial charge in [-0.25, -0.2) is 4.79 Å². The molecule has 158 valence electrons. The van der Waals surface area contributed by atoms with Gasteiger partial charge in [0.1, 0.15) is 28.7 Å². The van der Waals surface area contributed by atoms with E-state index in [-0.39, 0.29) is 50.0 Å². The Hall–Kier alpha value is -3.27. The summed E-state index contributed by atoms with van der Waals surface area (Å²) >= 11 is 6.64. The molecule has 32 heavy (non-hydrogen) atoms. The molecule has 2 heterocycles. The van der Waals surface area contributed by atoms with Crippen molar-refractivity contribution < 1.29 is 29.3 Å². The molecule has 2 aliphatic rings. The van der Waals surface area contributed by atoms with Crippen LogP contribution in [0.1, 0.15) is 37.4 Å². The largest absolute Gasteiger partial charge is 0.508 e. The molecule has 0 bridgehead atoms. The monoisotopic (exact) mass is 557 g/mol. The number of aromatic hydroxyl groups is 2. The Morgan fingerprint density at radius 1 is 1.12 bits per heavy atom. The minimum atomic E-state index is -1.56. The molecule has 0 amide bonds. The molecule has 1 unspecified atom stereocenters. The molecule has 1 atom stereocenters. The van der Waals surface area contributed by atoms with Crippen LogP contribution < -0.4 is 4.74 Å². The Labute approximate surface area is 200 Å². The number of esters is 1. The number of carbonyl (C=O) groups is 2. The van der Waals surface area contributed by atoms with Gasteiger partial charge in [-0.15, -0.1) is 0 Å². The molecule has 1 spiro atoms. The van der Waals surface area contributed by atoms with Crippen molar-refractivity contribution in [2.75, 3.05) is 4.43 Å². The number of carbonyl (C=O) groups excluding carboxylic acids is 2. The van der Waals surface area contributed by atoms with E-state index < -0.39 is 11.6 Å². The van der Waals surface area contributed by atoms with E-state index in [0.29, 0.717) is 16.7 Å². The summed E-state index contributed by atoms with van der Waals surface area (Å²) in [5, 5.41) is 22.9. The summed E-state index contributed by atoms with van der Waals surface area (Å²) in [6.07, 6.45) is 0. The summed E-state index contributed by atoms with van der Waals surface area (Å²) in [5.41, 5.74) is -0.113. The zero-order valence-electron chi connectivity index (χ0n) is 16.1. The van der Waals surface area contributed by atoms with E-state index in [1.165, 1.54) is 18.2 Å². The van der Waals surface area contributed by atoms with Gasteiger partial charge in [0.25, 0.3) is 0 Å².